The Hall–Kier alpha value is -2.04. The van der Waals surface area contributed by atoms with E-state index in [1.807, 2.05) is 31.2 Å². The number of carbonyl (C=O) groups excluding carboxylic acids is 2. The Labute approximate surface area is 124 Å². The van der Waals surface area contributed by atoms with Crippen LogP contribution in [0.5, 0.6) is 5.75 Å². The van der Waals surface area contributed by atoms with Gasteiger partial charge in [-0.3, -0.25) is 9.59 Å². The van der Waals surface area contributed by atoms with E-state index in [0.29, 0.717) is 12.5 Å². The second-order valence-electron chi connectivity index (χ2n) is 5.38. The summed E-state index contributed by atoms with van der Waals surface area (Å²) >= 11 is 0. The second-order valence-corrected chi connectivity index (χ2v) is 5.38. The van der Waals surface area contributed by atoms with Gasteiger partial charge in [-0.1, -0.05) is 19.1 Å². The molecule has 1 aromatic carbocycles. The van der Waals surface area contributed by atoms with E-state index in [9.17, 15) is 9.59 Å². The molecule has 0 spiro atoms. The first kappa shape index (κ1) is 15.4. The third-order valence-electron chi connectivity index (χ3n) is 3.65. The zero-order chi connectivity index (χ0) is 15.2. The van der Waals surface area contributed by atoms with Crippen LogP contribution in [0.2, 0.25) is 0 Å². The number of esters is 1. The number of nitrogens with one attached hydrogen (secondary N) is 1. The van der Waals surface area contributed by atoms with Gasteiger partial charge in [0.05, 0.1) is 13.0 Å². The molecular weight excluding hydrogens is 270 g/mol. The fraction of sp³-hybridized carbons (Fsp3) is 0.500. The topological polar surface area (TPSA) is 64.6 Å². The predicted molar refractivity (Wildman–Crippen MR) is 77.9 cm³/mol. The monoisotopic (exact) mass is 291 g/mol. The Bertz CT molecular complexity index is 498. The quantitative estimate of drug-likeness (QED) is 0.774. The number of benzene rings is 1. The summed E-state index contributed by atoms with van der Waals surface area (Å²) < 4.78 is 10.0. The Morgan fingerprint density at radius 3 is 2.52 bits per heavy atom. The minimum Gasteiger partial charge on any atom is -0.497 e. The van der Waals surface area contributed by atoms with Crippen molar-refractivity contribution in [3.8, 4) is 5.75 Å². The molecule has 5 nitrogen and oxygen atoms in total. The van der Waals surface area contributed by atoms with Crippen LogP contribution >= 0.6 is 0 Å². The maximum atomic E-state index is 11.6. The first-order chi connectivity index (χ1) is 10.1. The average molecular weight is 291 g/mol. The molecule has 1 fully saturated rings. The maximum absolute atomic E-state index is 11.6. The van der Waals surface area contributed by atoms with Gasteiger partial charge < -0.3 is 14.8 Å². The molecule has 1 aliphatic rings. The summed E-state index contributed by atoms with van der Waals surface area (Å²) in [6, 6.07) is 7.68. The molecule has 0 radical (unpaired) electrons. The zero-order valence-corrected chi connectivity index (χ0v) is 12.4. The predicted octanol–water partition coefficient (Wildman–Crippen LogP) is 1.55. The summed E-state index contributed by atoms with van der Waals surface area (Å²) in [6.07, 6.45) is 1.60. The van der Waals surface area contributed by atoms with Crippen LogP contribution in [0.1, 0.15) is 18.9 Å². The number of amides is 1. The van der Waals surface area contributed by atoms with Crippen molar-refractivity contribution < 1.29 is 19.1 Å². The van der Waals surface area contributed by atoms with Gasteiger partial charge in [0.25, 0.3) is 5.91 Å². The summed E-state index contributed by atoms with van der Waals surface area (Å²) in [5, 5.41) is 2.74. The molecule has 0 bridgehead atoms. The van der Waals surface area contributed by atoms with Crippen LogP contribution in [0.4, 0.5) is 0 Å². The fourth-order valence-electron chi connectivity index (χ4n) is 2.08. The molecule has 1 aromatic rings. The lowest BCUT2D eigenvalue weighted by Crippen LogP contribution is -2.30. The third kappa shape index (κ3) is 4.77. The molecular formula is C16H21NO4. The lowest BCUT2D eigenvalue weighted by molar-refractivity contribution is -0.150. The summed E-state index contributed by atoms with van der Waals surface area (Å²) in [6.45, 7) is 2.33. The molecule has 0 aliphatic heterocycles. The van der Waals surface area contributed by atoms with Crippen molar-refractivity contribution in [2.45, 2.75) is 19.8 Å². The normalized spacial score (nSPS) is 19.7. The molecule has 5 heteroatoms. The molecule has 1 aliphatic carbocycles. The molecule has 2 atom stereocenters. The highest BCUT2D eigenvalue weighted by molar-refractivity contribution is 5.82. The first-order valence-corrected chi connectivity index (χ1v) is 7.16. The Morgan fingerprint density at radius 1 is 1.29 bits per heavy atom. The minimum absolute atomic E-state index is 0.00269. The van der Waals surface area contributed by atoms with E-state index in [2.05, 4.69) is 5.32 Å². The lowest BCUT2D eigenvalue weighted by Gasteiger charge is -2.07. The SMILES string of the molecule is COc1ccc(CCNC(=O)COC(=O)[C@H]2C[C@H]2C)cc1. The Morgan fingerprint density at radius 2 is 1.95 bits per heavy atom. The van der Waals surface area contributed by atoms with Gasteiger partial charge >= 0.3 is 5.97 Å². The minimum atomic E-state index is -0.259. The van der Waals surface area contributed by atoms with Crippen LogP contribution < -0.4 is 10.1 Å². The van der Waals surface area contributed by atoms with Crippen LogP contribution in [0.25, 0.3) is 0 Å². The highest BCUT2D eigenvalue weighted by Crippen LogP contribution is 2.38. The Balaban J connectivity index is 1.61. The van der Waals surface area contributed by atoms with Gasteiger partial charge in [0, 0.05) is 6.54 Å². The van der Waals surface area contributed by atoms with E-state index in [4.69, 9.17) is 9.47 Å². The van der Waals surface area contributed by atoms with Crippen molar-refractivity contribution in [3.05, 3.63) is 29.8 Å². The van der Waals surface area contributed by atoms with Crippen molar-refractivity contribution in [1.82, 2.24) is 5.32 Å². The van der Waals surface area contributed by atoms with E-state index in [1.54, 1.807) is 7.11 Å². The number of carbonyl (C=O) groups is 2. The maximum Gasteiger partial charge on any atom is 0.309 e. The van der Waals surface area contributed by atoms with E-state index >= 15 is 0 Å². The smallest absolute Gasteiger partial charge is 0.309 e. The van der Waals surface area contributed by atoms with Gasteiger partial charge in [-0.05, 0) is 36.5 Å². The van der Waals surface area contributed by atoms with E-state index in [-0.39, 0.29) is 24.4 Å². The van der Waals surface area contributed by atoms with Crippen molar-refractivity contribution in [2.24, 2.45) is 11.8 Å². The van der Waals surface area contributed by atoms with Crippen molar-refractivity contribution in [1.29, 1.82) is 0 Å². The van der Waals surface area contributed by atoms with Gasteiger partial charge in [0.15, 0.2) is 6.61 Å². The van der Waals surface area contributed by atoms with Crippen LogP contribution in [0.3, 0.4) is 0 Å². The molecule has 0 saturated heterocycles. The highest BCUT2D eigenvalue weighted by atomic mass is 16.5. The number of rotatable bonds is 7. The van der Waals surface area contributed by atoms with Gasteiger partial charge in [-0.15, -0.1) is 0 Å². The van der Waals surface area contributed by atoms with Crippen molar-refractivity contribution in [3.63, 3.8) is 0 Å². The summed E-state index contributed by atoms with van der Waals surface area (Å²) in [4.78, 5) is 23.0. The molecule has 21 heavy (non-hydrogen) atoms. The van der Waals surface area contributed by atoms with Gasteiger partial charge in [0.1, 0.15) is 5.75 Å². The Kier molecular flexibility index (Phi) is 5.20. The number of hydrogen-bond acceptors (Lipinski definition) is 4. The van der Waals surface area contributed by atoms with Crippen molar-refractivity contribution >= 4 is 11.9 Å². The molecule has 0 aromatic heterocycles. The van der Waals surface area contributed by atoms with Gasteiger partial charge in [-0.25, -0.2) is 0 Å². The van der Waals surface area contributed by atoms with Crippen LogP contribution in [-0.4, -0.2) is 32.1 Å². The summed E-state index contributed by atoms with van der Waals surface area (Å²) in [5.74, 6) is 0.690. The third-order valence-corrected chi connectivity index (χ3v) is 3.65. The van der Waals surface area contributed by atoms with E-state index in [0.717, 1.165) is 24.2 Å². The van der Waals surface area contributed by atoms with E-state index < -0.39 is 0 Å². The molecule has 2 rings (SSSR count). The zero-order valence-electron chi connectivity index (χ0n) is 12.4. The number of methoxy groups -OCH3 is 1. The number of ether oxygens (including phenoxy) is 2. The average Bonchev–Trinajstić information content (AvgIpc) is 3.22. The van der Waals surface area contributed by atoms with E-state index in [1.165, 1.54) is 0 Å². The molecule has 0 unspecified atom stereocenters. The fourth-order valence-corrected chi connectivity index (χ4v) is 2.08. The van der Waals surface area contributed by atoms with Crippen LogP contribution in [-0.2, 0) is 20.7 Å². The molecule has 0 heterocycles. The van der Waals surface area contributed by atoms with Crippen LogP contribution in [0, 0.1) is 11.8 Å². The van der Waals surface area contributed by atoms with Gasteiger partial charge in [-0.2, -0.15) is 0 Å². The molecule has 1 saturated carbocycles. The first-order valence-electron chi connectivity index (χ1n) is 7.16. The van der Waals surface area contributed by atoms with Crippen LogP contribution in [0.15, 0.2) is 24.3 Å². The molecule has 1 amide bonds. The van der Waals surface area contributed by atoms with Gasteiger partial charge in [0.2, 0.25) is 0 Å². The summed E-state index contributed by atoms with van der Waals surface area (Å²) in [5.41, 5.74) is 1.11. The highest BCUT2D eigenvalue weighted by Gasteiger charge is 2.40. The van der Waals surface area contributed by atoms with Crippen molar-refractivity contribution in [2.75, 3.05) is 20.3 Å². The summed E-state index contributed by atoms with van der Waals surface area (Å²) in [7, 11) is 1.62. The second kappa shape index (κ2) is 7.11. The standard InChI is InChI=1S/C16H21NO4/c1-11-9-14(11)16(19)21-10-15(18)17-8-7-12-3-5-13(20-2)6-4-12/h3-6,11,14H,7-10H2,1-2H3,(H,17,18)/t11-,14+/m1/s1. The largest absolute Gasteiger partial charge is 0.497 e. The molecule has 114 valence electrons. The number of hydrogen-bond donors (Lipinski definition) is 1. The lowest BCUT2D eigenvalue weighted by atomic mass is 10.1. The molecule has 1 N–H and O–H groups in total.